The lowest BCUT2D eigenvalue weighted by molar-refractivity contribution is 0.0118. The number of morpholine rings is 1. The molecule has 2 N–H and O–H groups in total. The number of pyridine rings is 1. The van der Waals surface area contributed by atoms with Crippen LogP contribution >= 0.6 is 0 Å². The van der Waals surface area contributed by atoms with Gasteiger partial charge in [-0.15, -0.1) is 0 Å². The number of hydrogen-bond acceptors (Lipinski definition) is 5. The molecular weight excluding hydrogens is 298 g/mol. The maximum atomic E-state index is 12.2. The first-order valence-electron chi connectivity index (χ1n) is 7.56. The molecular formula is C16H19N3O4. The zero-order chi connectivity index (χ0) is 16.1. The minimum atomic E-state index is -0.233. The maximum Gasteiger partial charge on any atom is 0.252 e. The van der Waals surface area contributed by atoms with E-state index < -0.39 is 0 Å². The Morgan fingerprint density at radius 2 is 2.13 bits per heavy atom. The molecule has 0 saturated carbocycles. The molecule has 0 radical (unpaired) electrons. The predicted molar refractivity (Wildman–Crippen MR) is 83.2 cm³/mol. The average molecular weight is 317 g/mol. The van der Waals surface area contributed by atoms with Gasteiger partial charge in [0.1, 0.15) is 5.76 Å². The third-order valence-corrected chi connectivity index (χ3v) is 3.86. The summed E-state index contributed by atoms with van der Waals surface area (Å²) in [6, 6.07) is 6.55. The second-order valence-corrected chi connectivity index (χ2v) is 5.33. The lowest BCUT2D eigenvalue weighted by atomic mass is 10.1. The Labute approximate surface area is 133 Å². The molecule has 1 aliphatic rings. The zero-order valence-corrected chi connectivity index (χ0v) is 12.7. The van der Waals surface area contributed by atoms with E-state index >= 15 is 0 Å². The average Bonchev–Trinajstić information content (AvgIpc) is 3.11. The van der Waals surface area contributed by atoms with Crippen LogP contribution < -0.4 is 10.9 Å². The number of aromatic amines is 1. The maximum absolute atomic E-state index is 12.2. The van der Waals surface area contributed by atoms with Crippen LogP contribution in [0.2, 0.25) is 0 Å². The van der Waals surface area contributed by atoms with Crippen molar-refractivity contribution in [3.05, 3.63) is 58.4 Å². The number of H-pyrrole nitrogens is 1. The molecule has 122 valence electrons. The Kier molecular flexibility index (Phi) is 4.89. The van der Waals surface area contributed by atoms with Crippen LogP contribution in [0.25, 0.3) is 0 Å². The lowest BCUT2D eigenvalue weighted by Crippen LogP contribution is -2.43. The minimum absolute atomic E-state index is 0.0411. The SMILES string of the molecule is O=C(NCC(c1ccco1)N1CCOCC1)c1ccc(=O)[nH]c1. The zero-order valence-electron chi connectivity index (χ0n) is 12.7. The molecule has 3 heterocycles. The first-order valence-corrected chi connectivity index (χ1v) is 7.56. The molecule has 0 aromatic carbocycles. The van der Waals surface area contributed by atoms with E-state index in [9.17, 15) is 9.59 Å². The molecule has 3 rings (SSSR count). The molecule has 1 amide bonds. The van der Waals surface area contributed by atoms with E-state index in [0.717, 1.165) is 18.8 Å². The van der Waals surface area contributed by atoms with Crippen molar-refractivity contribution in [3.63, 3.8) is 0 Å². The Bertz CT molecular complexity index is 669. The second-order valence-electron chi connectivity index (χ2n) is 5.33. The molecule has 1 fully saturated rings. The van der Waals surface area contributed by atoms with Crippen LogP contribution in [0, 0.1) is 0 Å². The van der Waals surface area contributed by atoms with Gasteiger partial charge in [-0.1, -0.05) is 0 Å². The molecule has 0 aliphatic carbocycles. The highest BCUT2D eigenvalue weighted by atomic mass is 16.5. The van der Waals surface area contributed by atoms with E-state index in [0.29, 0.717) is 25.3 Å². The monoisotopic (exact) mass is 317 g/mol. The van der Waals surface area contributed by atoms with Crippen molar-refractivity contribution in [2.75, 3.05) is 32.8 Å². The van der Waals surface area contributed by atoms with Crippen LogP contribution in [-0.2, 0) is 4.74 Å². The lowest BCUT2D eigenvalue weighted by Gasteiger charge is -2.33. The van der Waals surface area contributed by atoms with Crippen molar-refractivity contribution >= 4 is 5.91 Å². The fraction of sp³-hybridized carbons (Fsp3) is 0.375. The van der Waals surface area contributed by atoms with Gasteiger partial charge in [-0.05, 0) is 18.2 Å². The highest BCUT2D eigenvalue weighted by molar-refractivity contribution is 5.93. The van der Waals surface area contributed by atoms with E-state index in [1.165, 1.54) is 18.3 Å². The van der Waals surface area contributed by atoms with Gasteiger partial charge in [-0.3, -0.25) is 14.5 Å². The Balaban J connectivity index is 1.67. The van der Waals surface area contributed by atoms with Gasteiger partial charge in [0.05, 0.1) is 31.1 Å². The fourth-order valence-corrected chi connectivity index (χ4v) is 2.62. The van der Waals surface area contributed by atoms with Crippen molar-refractivity contribution in [3.8, 4) is 0 Å². The van der Waals surface area contributed by atoms with E-state index in [1.54, 1.807) is 6.26 Å². The van der Waals surface area contributed by atoms with Gasteiger partial charge in [0, 0.05) is 31.9 Å². The highest BCUT2D eigenvalue weighted by Crippen LogP contribution is 2.21. The van der Waals surface area contributed by atoms with Crippen molar-refractivity contribution in [1.82, 2.24) is 15.2 Å². The van der Waals surface area contributed by atoms with Crippen LogP contribution in [0.1, 0.15) is 22.2 Å². The smallest absolute Gasteiger partial charge is 0.252 e. The first kappa shape index (κ1) is 15.5. The third kappa shape index (κ3) is 3.88. The fourth-order valence-electron chi connectivity index (χ4n) is 2.62. The topological polar surface area (TPSA) is 87.6 Å². The molecule has 1 saturated heterocycles. The number of aromatic nitrogens is 1. The van der Waals surface area contributed by atoms with Gasteiger partial charge in [-0.2, -0.15) is 0 Å². The van der Waals surface area contributed by atoms with Crippen LogP contribution in [0.4, 0.5) is 0 Å². The molecule has 0 bridgehead atoms. The largest absolute Gasteiger partial charge is 0.468 e. The number of nitrogens with zero attached hydrogens (tertiary/aromatic N) is 1. The predicted octanol–water partition coefficient (Wildman–Crippen LogP) is 0.771. The Morgan fingerprint density at radius 3 is 2.78 bits per heavy atom. The van der Waals surface area contributed by atoms with Crippen molar-refractivity contribution < 1.29 is 13.9 Å². The number of nitrogens with one attached hydrogen (secondary N) is 2. The van der Waals surface area contributed by atoms with Crippen LogP contribution in [0.5, 0.6) is 0 Å². The van der Waals surface area contributed by atoms with Crippen LogP contribution in [-0.4, -0.2) is 48.6 Å². The second kappa shape index (κ2) is 7.26. The number of furan rings is 1. The standard InChI is InChI=1S/C16H19N3O4/c20-15-4-3-12(10-17-15)16(21)18-11-13(14-2-1-7-23-14)19-5-8-22-9-6-19/h1-4,7,10,13H,5-6,8-9,11H2,(H,17,20)(H,18,21). The summed E-state index contributed by atoms with van der Waals surface area (Å²) in [6.45, 7) is 3.35. The summed E-state index contributed by atoms with van der Waals surface area (Å²) < 4.78 is 10.9. The summed E-state index contributed by atoms with van der Waals surface area (Å²) >= 11 is 0. The number of hydrogen-bond donors (Lipinski definition) is 2. The molecule has 1 unspecified atom stereocenters. The van der Waals surface area contributed by atoms with Crippen LogP contribution in [0.15, 0.2) is 45.9 Å². The molecule has 2 aromatic rings. The molecule has 23 heavy (non-hydrogen) atoms. The molecule has 7 nitrogen and oxygen atoms in total. The number of ether oxygens (including phenoxy) is 1. The molecule has 2 aromatic heterocycles. The van der Waals surface area contributed by atoms with Crippen LogP contribution in [0.3, 0.4) is 0 Å². The van der Waals surface area contributed by atoms with Crippen molar-refractivity contribution in [1.29, 1.82) is 0 Å². The van der Waals surface area contributed by atoms with Gasteiger partial charge >= 0.3 is 0 Å². The van der Waals surface area contributed by atoms with E-state index in [-0.39, 0.29) is 17.5 Å². The van der Waals surface area contributed by atoms with E-state index in [4.69, 9.17) is 9.15 Å². The Hall–Kier alpha value is -2.38. The minimum Gasteiger partial charge on any atom is -0.468 e. The Morgan fingerprint density at radius 1 is 1.30 bits per heavy atom. The number of amides is 1. The van der Waals surface area contributed by atoms with Crippen molar-refractivity contribution in [2.24, 2.45) is 0 Å². The third-order valence-electron chi connectivity index (χ3n) is 3.86. The first-order chi connectivity index (χ1) is 11.2. The number of carbonyl (C=O) groups is 1. The van der Waals surface area contributed by atoms with Crippen molar-refractivity contribution in [2.45, 2.75) is 6.04 Å². The van der Waals surface area contributed by atoms with Gasteiger partial charge in [0.25, 0.3) is 5.91 Å². The quantitative estimate of drug-likeness (QED) is 0.850. The summed E-state index contributed by atoms with van der Waals surface area (Å²) in [4.78, 5) is 28.0. The van der Waals surface area contributed by atoms with Gasteiger partial charge in [-0.25, -0.2) is 0 Å². The van der Waals surface area contributed by atoms with E-state index in [1.807, 2.05) is 12.1 Å². The molecule has 1 atom stereocenters. The van der Waals surface area contributed by atoms with E-state index in [2.05, 4.69) is 15.2 Å². The van der Waals surface area contributed by atoms with Gasteiger partial charge in [0.15, 0.2) is 0 Å². The summed E-state index contributed by atoms with van der Waals surface area (Å²) in [5, 5.41) is 2.90. The summed E-state index contributed by atoms with van der Waals surface area (Å²) in [5.74, 6) is 0.583. The summed E-state index contributed by atoms with van der Waals surface area (Å²) in [7, 11) is 0. The van der Waals surface area contributed by atoms with Gasteiger partial charge < -0.3 is 19.5 Å². The molecule has 1 aliphatic heterocycles. The molecule has 7 heteroatoms. The summed E-state index contributed by atoms with van der Waals surface area (Å²) in [6.07, 6.45) is 3.04. The number of carbonyl (C=O) groups excluding carboxylic acids is 1. The number of rotatable bonds is 5. The normalized spacial score (nSPS) is 16.9. The van der Waals surface area contributed by atoms with Gasteiger partial charge in [0.2, 0.25) is 5.56 Å². The summed E-state index contributed by atoms with van der Waals surface area (Å²) in [5.41, 5.74) is 0.188. The molecule has 0 spiro atoms. The highest BCUT2D eigenvalue weighted by Gasteiger charge is 2.25.